The number of carbonyl (C=O) groups is 3. The van der Waals surface area contributed by atoms with Crippen LogP contribution in [0.2, 0.25) is 10.0 Å². The van der Waals surface area contributed by atoms with Crippen molar-refractivity contribution in [1.82, 2.24) is 24.9 Å². The molecule has 2 N–H and O–H groups in total. The molecule has 3 aromatic rings. The number of nitrogens with one attached hydrogen (secondary N) is 1. The van der Waals surface area contributed by atoms with Gasteiger partial charge in [0.25, 0.3) is 5.91 Å². The summed E-state index contributed by atoms with van der Waals surface area (Å²) in [5.74, 6) is 0.375. The van der Waals surface area contributed by atoms with Gasteiger partial charge >= 0.3 is 12.0 Å². The molecule has 0 unspecified atom stereocenters. The van der Waals surface area contributed by atoms with E-state index in [0.29, 0.717) is 65.5 Å². The molecule has 3 aliphatic rings. The molecule has 12 nitrogen and oxygen atoms in total. The number of piperidine rings is 1. The van der Waals surface area contributed by atoms with Crippen molar-refractivity contribution in [2.45, 2.75) is 49.5 Å². The molecule has 3 fully saturated rings. The highest BCUT2D eigenvalue weighted by Crippen LogP contribution is 2.43. The van der Waals surface area contributed by atoms with Gasteiger partial charge in [-0.1, -0.05) is 59.6 Å². The highest BCUT2D eigenvalue weighted by molar-refractivity contribution is 6.42. The average Bonchev–Trinajstić information content (AvgIpc) is 3.66. The highest BCUT2D eigenvalue weighted by atomic mass is 35.5. The first-order valence-corrected chi connectivity index (χ1v) is 20.1. The van der Waals surface area contributed by atoms with Gasteiger partial charge in [-0.2, -0.15) is 0 Å². The second-order valence-corrected chi connectivity index (χ2v) is 15.9. The van der Waals surface area contributed by atoms with Crippen molar-refractivity contribution in [2.24, 2.45) is 0 Å². The summed E-state index contributed by atoms with van der Waals surface area (Å²) in [4.78, 5) is 47.3. The van der Waals surface area contributed by atoms with Crippen LogP contribution in [-0.4, -0.2) is 129 Å². The summed E-state index contributed by atoms with van der Waals surface area (Å²) >= 11 is 13.0. The van der Waals surface area contributed by atoms with E-state index in [1.165, 1.54) is 21.3 Å². The smallest absolute Gasteiger partial charge is 0.318 e. The van der Waals surface area contributed by atoms with E-state index in [2.05, 4.69) is 27.2 Å². The number of carbonyl (C=O) groups excluding carboxylic acids is 2. The maximum absolute atomic E-state index is 14.1. The van der Waals surface area contributed by atoms with Gasteiger partial charge in [-0.3, -0.25) is 14.5 Å². The van der Waals surface area contributed by atoms with Crippen LogP contribution in [0.25, 0.3) is 0 Å². The zero-order chi connectivity index (χ0) is 39.9. The molecule has 0 radical (unpaired) electrons. The summed E-state index contributed by atoms with van der Waals surface area (Å²) in [5, 5.41) is 13.4. The third-order valence-electron chi connectivity index (χ3n) is 11.9. The number of likely N-dealkylation sites (tertiary alicyclic amines) is 2. The van der Waals surface area contributed by atoms with E-state index >= 15 is 0 Å². The quantitative estimate of drug-likeness (QED) is 0.191. The van der Waals surface area contributed by atoms with Crippen molar-refractivity contribution >= 4 is 41.1 Å². The fourth-order valence-corrected chi connectivity index (χ4v) is 8.83. The summed E-state index contributed by atoms with van der Waals surface area (Å²) in [7, 11) is 4.60. The van der Waals surface area contributed by atoms with Crippen molar-refractivity contribution in [1.29, 1.82) is 0 Å². The van der Waals surface area contributed by atoms with Crippen LogP contribution >= 0.6 is 23.2 Å². The maximum Gasteiger partial charge on any atom is 0.318 e. The molecule has 3 heterocycles. The Morgan fingerprint density at radius 3 is 2.00 bits per heavy atom. The molecule has 0 aliphatic carbocycles. The number of urea groups is 1. The minimum atomic E-state index is -0.781. The standard InChI is InChI=1S/C42H53Cl2N5O7/c1-54-35-26-30(27-36(55-2)38(35)56-3)39(52)49-21-14-41(29-49,32-11-12-33(43)34(44)28-32)13-18-47-19-15-42(16-20-47,31-8-5-4-6-9-31)45-40(53)48-24-22-46(23-25-48)17-7-10-37(50)51/h4-6,8-9,11-12,26-28H,7,10,13-25,29H2,1-3H3,(H,45,53)(H,50,51)/t41-/m1/s1. The molecule has 302 valence electrons. The monoisotopic (exact) mass is 809 g/mol. The fraction of sp³-hybridized carbons (Fsp3) is 0.500. The molecule has 0 saturated carbocycles. The lowest BCUT2D eigenvalue weighted by Gasteiger charge is -2.45. The summed E-state index contributed by atoms with van der Waals surface area (Å²) in [6.45, 7) is 6.83. The van der Waals surface area contributed by atoms with Crippen molar-refractivity contribution in [3.63, 3.8) is 0 Å². The van der Waals surface area contributed by atoms with Gasteiger partial charge in [-0.25, -0.2) is 4.79 Å². The third kappa shape index (κ3) is 9.31. The van der Waals surface area contributed by atoms with Crippen LogP contribution in [0.15, 0.2) is 60.7 Å². The number of halogens is 2. The summed E-state index contributed by atoms with van der Waals surface area (Å²) < 4.78 is 16.6. The van der Waals surface area contributed by atoms with Gasteiger partial charge in [0.2, 0.25) is 5.75 Å². The number of carboxylic acid groups (broad SMARTS) is 1. The zero-order valence-electron chi connectivity index (χ0n) is 32.5. The van der Waals surface area contributed by atoms with Crippen LogP contribution in [0.1, 0.15) is 60.0 Å². The van der Waals surface area contributed by atoms with Crippen LogP contribution < -0.4 is 19.5 Å². The van der Waals surface area contributed by atoms with Gasteiger partial charge in [-0.05, 0) is 80.6 Å². The average molecular weight is 811 g/mol. The number of rotatable bonds is 14. The van der Waals surface area contributed by atoms with E-state index in [0.717, 1.165) is 76.1 Å². The van der Waals surface area contributed by atoms with Gasteiger partial charge in [0.15, 0.2) is 11.5 Å². The Hall–Kier alpha value is -4.23. The van der Waals surface area contributed by atoms with E-state index < -0.39 is 11.5 Å². The molecule has 1 atom stereocenters. The lowest BCUT2D eigenvalue weighted by molar-refractivity contribution is -0.137. The van der Waals surface area contributed by atoms with Gasteiger partial charge in [0.1, 0.15) is 0 Å². The van der Waals surface area contributed by atoms with Crippen molar-refractivity contribution in [3.8, 4) is 17.2 Å². The van der Waals surface area contributed by atoms with Gasteiger partial charge in [-0.15, -0.1) is 0 Å². The molecular formula is C42H53Cl2N5O7. The third-order valence-corrected chi connectivity index (χ3v) is 12.6. The molecule has 3 aliphatic heterocycles. The number of carboxylic acids is 1. The number of nitrogens with zero attached hydrogens (tertiary/aromatic N) is 4. The summed E-state index contributed by atoms with van der Waals surface area (Å²) in [6.07, 6.45) is 3.82. The Morgan fingerprint density at radius 1 is 0.732 bits per heavy atom. The molecular weight excluding hydrogens is 757 g/mol. The fourth-order valence-electron chi connectivity index (χ4n) is 8.53. The Labute approximate surface area is 339 Å². The van der Waals surface area contributed by atoms with Crippen molar-refractivity contribution in [3.05, 3.63) is 87.4 Å². The molecule has 3 saturated heterocycles. The molecule has 0 aromatic heterocycles. The largest absolute Gasteiger partial charge is 0.493 e. The first-order valence-electron chi connectivity index (χ1n) is 19.3. The van der Waals surface area contributed by atoms with E-state index in [-0.39, 0.29) is 23.8 Å². The highest BCUT2D eigenvalue weighted by Gasteiger charge is 2.44. The summed E-state index contributed by atoms with van der Waals surface area (Å²) in [6, 6.07) is 19.4. The number of benzene rings is 3. The predicted molar refractivity (Wildman–Crippen MR) is 217 cm³/mol. The van der Waals surface area contributed by atoms with Crippen LogP contribution in [0.4, 0.5) is 4.79 Å². The molecule has 6 rings (SSSR count). The van der Waals surface area contributed by atoms with E-state index in [4.69, 9.17) is 42.5 Å². The number of amides is 3. The molecule has 0 spiro atoms. The number of aliphatic carboxylic acids is 1. The lowest BCUT2D eigenvalue weighted by atomic mass is 9.76. The first-order chi connectivity index (χ1) is 27.0. The molecule has 3 aromatic carbocycles. The van der Waals surface area contributed by atoms with E-state index in [1.807, 2.05) is 46.2 Å². The van der Waals surface area contributed by atoms with E-state index in [9.17, 15) is 14.4 Å². The number of piperazine rings is 1. The Bertz CT molecular complexity index is 1830. The number of hydrogen-bond acceptors (Lipinski definition) is 8. The Morgan fingerprint density at radius 2 is 1.39 bits per heavy atom. The zero-order valence-corrected chi connectivity index (χ0v) is 34.0. The van der Waals surface area contributed by atoms with Crippen molar-refractivity contribution < 1.29 is 33.7 Å². The maximum atomic E-state index is 14.1. The lowest BCUT2D eigenvalue weighted by Crippen LogP contribution is -2.59. The molecule has 14 heteroatoms. The molecule has 56 heavy (non-hydrogen) atoms. The minimum absolute atomic E-state index is 0.0612. The predicted octanol–water partition coefficient (Wildman–Crippen LogP) is 6.38. The second-order valence-electron chi connectivity index (χ2n) is 15.1. The normalized spacial score (nSPS) is 20.1. The number of methoxy groups -OCH3 is 3. The minimum Gasteiger partial charge on any atom is -0.493 e. The summed E-state index contributed by atoms with van der Waals surface area (Å²) in [5.41, 5.74) is 1.74. The van der Waals surface area contributed by atoms with Crippen LogP contribution in [0.5, 0.6) is 17.2 Å². The first kappa shape index (κ1) is 41.4. The Kier molecular flexibility index (Phi) is 13.6. The van der Waals surface area contributed by atoms with Gasteiger partial charge < -0.3 is 39.3 Å². The van der Waals surface area contributed by atoms with Gasteiger partial charge in [0.05, 0.1) is 36.9 Å². The second kappa shape index (κ2) is 18.4. The number of ether oxygens (including phenoxy) is 3. The topological polar surface area (TPSA) is 124 Å². The number of hydrogen-bond donors (Lipinski definition) is 2. The molecule has 0 bridgehead atoms. The van der Waals surface area contributed by atoms with Crippen molar-refractivity contribution in [2.75, 3.05) is 86.8 Å². The Balaban J connectivity index is 1.14. The van der Waals surface area contributed by atoms with Crippen LogP contribution in [0, 0.1) is 0 Å². The SMILES string of the molecule is COc1cc(C(=O)N2CC[C@@](CCN3CCC(NC(=O)N4CCN(CCCC(=O)O)CC4)(c4ccccc4)CC3)(c3ccc(Cl)c(Cl)c3)C2)cc(OC)c1OC. The van der Waals surface area contributed by atoms with Crippen LogP contribution in [-0.2, 0) is 15.7 Å². The molecule has 3 amide bonds. The van der Waals surface area contributed by atoms with E-state index in [1.54, 1.807) is 12.1 Å². The van der Waals surface area contributed by atoms with Gasteiger partial charge in [0, 0.05) is 69.8 Å². The van der Waals surface area contributed by atoms with Crippen LogP contribution in [0.3, 0.4) is 0 Å².